The summed E-state index contributed by atoms with van der Waals surface area (Å²) < 4.78 is 0. The zero-order chi connectivity index (χ0) is 13.4. The lowest BCUT2D eigenvalue weighted by Crippen LogP contribution is -2.31. The van der Waals surface area contributed by atoms with Gasteiger partial charge in [-0.2, -0.15) is 0 Å². The van der Waals surface area contributed by atoms with Gasteiger partial charge in [0.1, 0.15) is 0 Å². The Morgan fingerprint density at radius 3 is 2.47 bits per heavy atom. The van der Waals surface area contributed by atoms with Gasteiger partial charge in [-0.3, -0.25) is 4.79 Å². The average Bonchev–Trinajstić information content (AvgIpc) is 2.31. The van der Waals surface area contributed by atoms with Gasteiger partial charge in [0.15, 0.2) is 0 Å². The van der Waals surface area contributed by atoms with Crippen molar-refractivity contribution in [3.8, 4) is 0 Å². The lowest BCUT2D eigenvalue weighted by Gasteiger charge is -2.15. The van der Waals surface area contributed by atoms with Crippen LogP contribution in [-0.4, -0.2) is 28.8 Å². The Bertz CT molecular complexity index is 308. The molecule has 0 aliphatic rings. The van der Waals surface area contributed by atoms with Crippen molar-refractivity contribution >= 4 is 5.91 Å². The maximum atomic E-state index is 10.9. The summed E-state index contributed by atoms with van der Waals surface area (Å²) in [5, 5.41) is 18.7. The van der Waals surface area contributed by atoms with E-state index in [0.29, 0.717) is 12.8 Å². The Morgan fingerprint density at radius 2 is 2.06 bits per heavy atom. The molecule has 4 heteroatoms. The van der Waals surface area contributed by atoms with Crippen molar-refractivity contribution < 1.29 is 15.0 Å². The number of carbonyl (C=O) groups is 1. The molecule has 1 amide bonds. The van der Waals surface area contributed by atoms with Crippen molar-refractivity contribution in [2.45, 2.75) is 39.7 Å². The fourth-order valence-electron chi connectivity index (χ4n) is 1.42. The smallest absolute Gasteiger partial charge is 0.222 e. The van der Waals surface area contributed by atoms with Crippen LogP contribution in [0.25, 0.3) is 0 Å². The SMILES string of the molecule is C/C=C(/C=C(\C)CCC(O)C(C)C(N)=O)CO. The molecule has 0 saturated carbocycles. The van der Waals surface area contributed by atoms with Crippen LogP contribution in [0.3, 0.4) is 0 Å². The predicted octanol–water partition coefficient (Wildman–Crippen LogP) is 1.13. The molecule has 0 aromatic carbocycles. The van der Waals surface area contributed by atoms with Gasteiger partial charge in [0.25, 0.3) is 0 Å². The van der Waals surface area contributed by atoms with Crippen molar-refractivity contribution in [3.05, 3.63) is 23.3 Å². The molecule has 17 heavy (non-hydrogen) atoms. The van der Waals surface area contributed by atoms with Crippen LogP contribution in [0.15, 0.2) is 23.3 Å². The van der Waals surface area contributed by atoms with E-state index in [1.54, 1.807) is 6.92 Å². The van der Waals surface area contributed by atoms with E-state index in [1.807, 2.05) is 26.0 Å². The van der Waals surface area contributed by atoms with Gasteiger partial charge in [0.05, 0.1) is 18.6 Å². The second-order valence-corrected chi connectivity index (χ2v) is 4.31. The number of allylic oxidation sites excluding steroid dienone is 2. The maximum absolute atomic E-state index is 10.9. The van der Waals surface area contributed by atoms with E-state index < -0.39 is 17.9 Å². The number of nitrogens with two attached hydrogens (primary N) is 1. The van der Waals surface area contributed by atoms with Crippen molar-refractivity contribution in [1.29, 1.82) is 0 Å². The quantitative estimate of drug-likeness (QED) is 0.584. The fraction of sp³-hybridized carbons (Fsp3) is 0.615. The van der Waals surface area contributed by atoms with Gasteiger partial charge < -0.3 is 15.9 Å². The lowest BCUT2D eigenvalue weighted by molar-refractivity contribution is -0.124. The molecule has 0 aromatic heterocycles. The molecule has 0 aromatic rings. The van der Waals surface area contributed by atoms with Gasteiger partial charge >= 0.3 is 0 Å². The first-order chi connectivity index (χ1) is 7.92. The number of aliphatic hydroxyl groups is 2. The first-order valence-corrected chi connectivity index (χ1v) is 5.83. The second kappa shape index (κ2) is 8.03. The van der Waals surface area contributed by atoms with E-state index in [1.165, 1.54) is 0 Å². The maximum Gasteiger partial charge on any atom is 0.222 e. The Hall–Kier alpha value is -1.13. The number of hydrogen-bond donors (Lipinski definition) is 3. The predicted molar refractivity (Wildman–Crippen MR) is 68.2 cm³/mol. The van der Waals surface area contributed by atoms with E-state index in [0.717, 1.165) is 11.1 Å². The van der Waals surface area contributed by atoms with Gasteiger partial charge in [0, 0.05) is 0 Å². The molecular formula is C13H23NO3. The summed E-state index contributed by atoms with van der Waals surface area (Å²) >= 11 is 0. The molecule has 2 unspecified atom stereocenters. The molecule has 0 spiro atoms. The minimum atomic E-state index is -0.709. The number of rotatable bonds is 7. The van der Waals surface area contributed by atoms with Crippen LogP contribution in [0.4, 0.5) is 0 Å². The number of carbonyl (C=O) groups excluding carboxylic acids is 1. The van der Waals surface area contributed by atoms with Crippen LogP contribution in [0.2, 0.25) is 0 Å². The highest BCUT2D eigenvalue weighted by atomic mass is 16.3. The van der Waals surface area contributed by atoms with Crippen LogP contribution in [0.1, 0.15) is 33.6 Å². The monoisotopic (exact) mass is 241 g/mol. The van der Waals surface area contributed by atoms with Gasteiger partial charge in [-0.15, -0.1) is 0 Å². The van der Waals surface area contributed by atoms with Crippen LogP contribution >= 0.6 is 0 Å². The van der Waals surface area contributed by atoms with Crippen molar-refractivity contribution in [2.75, 3.05) is 6.61 Å². The number of amides is 1. The van der Waals surface area contributed by atoms with Crippen LogP contribution in [-0.2, 0) is 4.79 Å². The molecule has 0 bridgehead atoms. The van der Waals surface area contributed by atoms with E-state index in [4.69, 9.17) is 10.8 Å². The Kier molecular flexibility index (Phi) is 7.50. The largest absolute Gasteiger partial charge is 0.392 e. The van der Waals surface area contributed by atoms with E-state index in [9.17, 15) is 9.90 Å². The van der Waals surface area contributed by atoms with Crippen LogP contribution < -0.4 is 5.73 Å². The average molecular weight is 241 g/mol. The van der Waals surface area contributed by atoms with Crippen molar-refractivity contribution in [1.82, 2.24) is 0 Å². The van der Waals surface area contributed by atoms with E-state index in [2.05, 4.69) is 0 Å². The first kappa shape index (κ1) is 15.9. The Morgan fingerprint density at radius 1 is 1.47 bits per heavy atom. The molecule has 0 aliphatic carbocycles. The number of hydrogen-bond acceptors (Lipinski definition) is 3. The third-order valence-electron chi connectivity index (χ3n) is 2.85. The summed E-state index contributed by atoms with van der Waals surface area (Å²) in [6.07, 6.45) is 4.19. The van der Waals surface area contributed by atoms with Gasteiger partial charge in [0.2, 0.25) is 5.91 Å². The third-order valence-corrected chi connectivity index (χ3v) is 2.85. The second-order valence-electron chi connectivity index (χ2n) is 4.31. The van der Waals surface area contributed by atoms with Gasteiger partial charge in [-0.25, -0.2) is 0 Å². The Labute approximate surface area is 103 Å². The number of aliphatic hydroxyl groups excluding tert-OH is 2. The number of primary amides is 1. The van der Waals surface area contributed by atoms with Crippen LogP contribution in [0, 0.1) is 5.92 Å². The molecule has 0 fully saturated rings. The molecule has 4 nitrogen and oxygen atoms in total. The molecule has 2 atom stereocenters. The highest BCUT2D eigenvalue weighted by Crippen LogP contribution is 2.14. The molecule has 0 saturated heterocycles. The summed E-state index contributed by atoms with van der Waals surface area (Å²) in [5.74, 6) is -1.01. The summed E-state index contributed by atoms with van der Waals surface area (Å²) in [4.78, 5) is 10.9. The van der Waals surface area contributed by atoms with Gasteiger partial charge in [-0.05, 0) is 32.3 Å². The summed E-state index contributed by atoms with van der Waals surface area (Å²) in [7, 11) is 0. The lowest BCUT2D eigenvalue weighted by atomic mass is 9.97. The zero-order valence-corrected chi connectivity index (χ0v) is 10.8. The summed E-state index contributed by atoms with van der Waals surface area (Å²) in [6.45, 7) is 5.42. The molecule has 0 radical (unpaired) electrons. The molecular weight excluding hydrogens is 218 g/mol. The third kappa shape index (κ3) is 6.24. The molecule has 0 aliphatic heterocycles. The molecule has 4 N–H and O–H groups in total. The minimum absolute atomic E-state index is 0.00802. The first-order valence-electron chi connectivity index (χ1n) is 5.83. The van der Waals surface area contributed by atoms with Crippen LogP contribution in [0.5, 0.6) is 0 Å². The van der Waals surface area contributed by atoms with Gasteiger partial charge in [-0.1, -0.05) is 24.6 Å². The van der Waals surface area contributed by atoms with E-state index in [-0.39, 0.29) is 6.61 Å². The molecule has 0 rings (SSSR count). The Balaban J connectivity index is 4.24. The standard InChI is InChI=1S/C13H23NO3/c1-4-11(8-15)7-9(2)5-6-12(16)10(3)13(14)17/h4,7,10,12,15-16H,5-6,8H2,1-3H3,(H2,14,17)/b9-7+,11-4-. The zero-order valence-electron chi connectivity index (χ0n) is 10.8. The molecule has 0 heterocycles. The summed E-state index contributed by atoms with van der Waals surface area (Å²) in [5.41, 5.74) is 7.02. The molecule has 98 valence electrons. The summed E-state index contributed by atoms with van der Waals surface area (Å²) in [6, 6.07) is 0. The normalized spacial score (nSPS) is 16.8. The topological polar surface area (TPSA) is 83.5 Å². The fourth-order valence-corrected chi connectivity index (χ4v) is 1.42. The highest BCUT2D eigenvalue weighted by molar-refractivity contribution is 5.76. The minimum Gasteiger partial charge on any atom is -0.392 e. The van der Waals surface area contributed by atoms with Crippen molar-refractivity contribution in [3.63, 3.8) is 0 Å². The van der Waals surface area contributed by atoms with Crippen molar-refractivity contribution in [2.24, 2.45) is 11.7 Å². The highest BCUT2D eigenvalue weighted by Gasteiger charge is 2.18. The van der Waals surface area contributed by atoms with E-state index >= 15 is 0 Å².